The fourth-order valence-corrected chi connectivity index (χ4v) is 5.17. The molecule has 30 heavy (non-hydrogen) atoms. The highest BCUT2D eigenvalue weighted by atomic mass is 32.2. The van der Waals surface area contributed by atoms with Crippen LogP contribution >= 0.6 is 11.8 Å². The number of carbonyl (C=O) groups is 3. The second kappa shape index (κ2) is 8.52. The van der Waals surface area contributed by atoms with Crippen LogP contribution in [0.4, 0.5) is 10.5 Å². The molecule has 1 saturated carbocycles. The van der Waals surface area contributed by atoms with Crippen molar-refractivity contribution in [2.24, 2.45) is 5.92 Å². The van der Waals surface area contributed by atoms with Crippen molar-refractivity contribution in [1.82, 2.24) is 10.2 Å². The summed E-state index contributed by atoms with van der Waals surface area (Å²) in [4.78, 5) is 41.3. The maximum atomic E-state index is 13.1. The standard InChI is InChI=1S/C23H25N3O3S/c1-16-9-7-8-14-23(16)21(28)26(22(29)25-23)15-20(27)24-18-12-5-6-13-19(18)30-17-10-3-2-4-11-17/h2-6,10-13,16H,7-9,14-15H2,1H3,(H,24,27)(H,25,29)/t16-,23+/m1/s1. The van der Waals surface area contributed by atoms with Gasteiger partial charge in [0.05, 0.1) is 5.69 Å². The third-order valence-electron chi connectivity index (χ3n) is 5.94. The largest absolute Gasteiger partial charge is 0.325 e. The molecule has 1 spiro atoms. The summed E-state index contributed by atoms with van der Waals surface area (Å²) < 4.78 is 0. The smallest absolute Gasteiger partial charge is 0.323 e. The van der Waals surface area contributed by atoms with Crippen molar-refractivity contribution in [2.45, 2.75) is 47.9 Å². The van der Waals surface area contributed by atoms with Gasteiger partial charge in [0.25, 0.3) is 5.91 Å². The van der Waals surface area contributed by atoms with Crippen LogP contribution in [0.15, 0.2) is 64.4 Å². The van der Waals surface area contributed by atoms with E-state index in [-0.39, 0.29) is 24.3 Å². The van der Waals surface area contributed by atoms with Gasteiger partial charge >= 0.3 is 6.03 Å². The number of benzene rings is 2. The summed E-state index contributed by atoms with van der Waals surface area (Å²) in [6.45, 7) is 1.71. The lowest BCUT2D eigenvalue weighted by Gasteiger charge is -2.36. The molecule has 2 fully saturated rings. The fourth-order valence-electron chi connectivity index (χ4n) is 4.25. The summed E-state index contributed by atoms with van der Waals surface area (Å²) in [7, 11) is 0. The second-order valence-corrected chi connectivity index (χ2v) is 9.01. The van der Waals surface area contributed by atoms with Gasteiger partial charge in [-0.2, -0.15) is 0 Å². The average molecular weight is 424 g/mol. The minimum atomic E-state index is -0.851. The zero-order chi connectivity index (χ0) is 21.1. The number of imide groups is 1. The lowest BCUT2D eigenvalue weighted by Crippen LogP contribution is -2.54. The van der Waals surface area contributed by atoms with Gasteiger partial charge in [-0.15, -0.1) is 0 Å². The molecule has 0 radical (unpaired) electrons. The highest BCUT2D eigenvalue weighted by Gasteiger charge is 2.55. The summed E-state index contributed by atoms with van der Waals surface area (Å²) in [5, 5.41) is 5.75. The first-order valence-electron chi connectivity index (χ1n) is 10.3. The minimum absolute atomic E-state index is 0.0683. The molecule has 0 unspecified atom stereocenters. The predicted octanol–water partition coefficient (Wildman–Crippen LogP) is 4.28. The third-order valence-corrected chi connectivity index (χ3v) is 7.02. The van der Waals surface area contributed by atoms with Gasteiger partial charge in [-0.3, -0.25) is 14.5 Å². The third kappa shape index (κ3) is 3.94. The van der Waals surface area contributed by atoms with Gasteiger partial charge in [-0.1, -0.05) is 61.9 Å². The molecule has 0 aromatic heterocycles. The molecule has 4 rings (SSSR count). The molecule has 1 heterocycles. The lowest BCUT2D eigenvalue weighted by molar-refractivity contribution is -0.136. The lowest BCUT2D eigenvalue weighted by atomic mass is 9.73. The minimum Gasteiger partial charge on any atom is -0.323 e. The highest BCUT2D eigenvalue weighted by molar-refractivity contribution is 7.99. The van der Waals surface area contributed by atoms with E-state index in [4.69, 9.17) is 0 Å². The highest BCUT2D eigenvalue weighted by Crippen LogP contribution is 2.38. The summed E-state index contributed by atoms with van der Waals surface area (Å²) in [6, 6.07) is 16.9. The van der Waals surface area contributed by atoms with Crippen LogP contribution in [0.5, 0.6) is 0 Å². The van der Waals surface area contributed by atoms with Crippen LogP contribution in [-0.2, 0) is 9.59 Å². The second-order valence-electron chi connectivity index (χ2n) is 7.90. The Morgan fingerprint density at radius 2 is 1.87 bits per heavy atom. The van der Waals surface area contributed by atoms with E-state index in [2.05, 4.69) is 10.6 Å². The first kappa shape index (κ1) is 20.5. The van der Waals surface area contributed by atoms with Gasteiger partial charge in [0.1, 0.15) is 12.1 Å². The van der Waals surface area contributed by atoms with E-state index in [1.54, 1.807) is 11.8 Å². The molecular weight excluding hydrogens is 398 g/mol. The van der Waals surface area contributed by atoms with Crippen LogP contribution in [0.1, 0.15) is 32.6 Å². The van der Waals surface area contributed by atoms with E-state index in [1.807, 2.05) is 61.5 Å². The Balaban J connectivity index is 1.45. The number of urea groups is 1. The Morgan fingerprint density at radius 3 is 2.63 bits per heavy atom. The van der Waals surface area contributed by atoms with Gasteiger partial charge in [0.2, 0.25) is 5.91 Å². The van der Waals surface area contributed by atoms with Gasteiger partial charge < -0.3 is 10.6 Å². The van der Waals surface area contributed by atoms with Gasteiger partial charge in [-0.05, 0) is 43.0 Å². The summed E-state index contributed by atoms with van der Waals surface area (Å²) >= 11 is 1.54. The Kier molecular flexibility index (Phi) is 5.81. The monoisotopic (exact) mass is 423 g/mol. The van der Waals surface area contributed by atoms with E-state index in [0.29, 0.717) is 12.1 Å². The maximum Gasteiger partial charge on any atom is 0.325 e. The molecule has 2 aromatic rings. The van der Waals surface area contributed by atoms with Crippen LogP contribution in [0, 0.1) is 5.92 Å². The molecule has 0 bridgehead atoms. The first-order valence-corrected chi connectivity index (χ1v) is 11.1. The molecule has 4 amide bonds. The Bertz CT molecular complexity index is 965. The van der Waals surface area contributed by atoms with Crippen molar-refractivity contribution < 1.29 is 14.4 Å². The van der Waals surface area contributed by atoms with Crippen LogP contribution < -0.4 is 10.6 Å². The molecule has 2 aliphatic rings. The van der Waals surface area contributed by atoms with Crippen LogP contribution in [0.25, 0.3) is 0 Å². The van der Waals surface area contributed by atoms with Crippen molar-refractivity contribution in [3.05, 3.63) is 54.6 Å². The Hall–Kier alpha value is -2.80. The number of nitrogens with zero attached hydrogens (tertiary/aromatic N) is 1. The number of para-hydroxylation sites is 1. The van der Waals surface area contributed by atoms with Crippen molar-refractivity contribution in [1.29, 1.82) is 0 Å². The number of hydrogen-bond acceptors (Lipinski definition) is 4. The van der Waals surface area contributed by atoms with E-state index >= 15 is 0 Å². The molecule has 1 saturated heterocycles. The molecule has 156 valence electrons. The zero-order valence-electron chi connectivity index (χ0n) is 16.9. The SMILES string of the molecule is C[C@@H]1CCCC[C@]12NC(=O)N(CC(=O)Nc1ccccc1Sc1ccccc1)C2=O. The van der Waals surface area contributed by atoms with Gasteiger partial charge in [-0.25, -0.2) is 4.79 Å². The van der Waals surface area contributed by atoms with Crippen LogP contribution in [0.2, 0.25) is 0 Å². The molecule has 1 aliphatic heterocycles. The van der Waals surface area contributed by atoms with Crippen molar-refractivity contribution in [2.75, 3.05) is 11.9 Å². The number of amides is 4. The van der Waals surface area contributed by atoms with E-state index < -0.39 is 11.6 Å². The molecular formula is C23H25N3O3S. The topological polar surface area (TPSA) is 78.5 Å². The van der Waals surface area contributed by atoms with Crippen molar-refractivity contribution in [3.63, 3.8) is 0 Å². The van der Waals surface area contributed by atoms with Crippen molar-refractivity contribution in [3.8, 4) is 0 Å². The zero-order valence-corrected chi connectivity index (χ0v) is 17.7. The van der Waals surface area contributed by atoms with Crippen LogP contribution in [-0.4, -0.2) is 34.8 Å². The predicted molar refractivity (Wildman–Crippen MR) is 116 cm³/mol. The first-order chi connectivity index (χ1) is 14.5. The van der Waals surface area contributed by atoms with Gasteiger partial charge in [0, 0.05) is 9.79 Å². The van der Waals surface area contributed by atoms with Crippen LogP contribution in [0.3, 0.4) is 0 Å². The number of hydrogen-bond donors (Lipinski definition) is 2. The van der Waals surface area contributed by atoms with E-state index in [1.165, 1.54) is 0 Å². The van der Waals surface area contributed by atoms with E-state index in [9.17, 15) is 14.4 Å². The van der Waals surface area contributed by atoms with Crippen molar-refractivity contribution >= 4 is 35.3 Å². The number of anilines is 1. The number of nitrogens with one attached hydrogen (secondary N) is 2. The molecule has 2 aromatic carbocycles. The quantitative estimate of drug-likeness (QED) is 0.704. The number of carbonyl (C=O) groups excluding carboxylic acids is 3. The summed E-state index contributed by atoms with van der Waals surface area (Å²) in [5.41, 5.74) is -0.194. The summed E-state index contributed by atoms with van der Waals surface area (Å²) in [6.07, 6.45) is 3.49. The van der Waals surface area contributed by atoms with Gasteiger partial charge in [0.15, 0.2) is 0 Å². The van der Waals surface area contributed by atoms with E-state index in [0.717, 1.165) is 34.0 Å². The maximum absolute atomic E-state index is 13.1. The average Bonchev–Trinajstić information content (AvgIpc) is 2.97. The Morgan fingerprint density at radius 1 is 1.13 bits per heavy atom. The molecule has 2 atom stereocenters. The Labute approximate surface area is 180 Å². The summed E-state index contributed by atoms with van der Waals surface area (Å²) in [5.74, 6) is -0.597. The molecule has 1 aliphatic carbocycles. The fraction of sp³-hybridized carbons (Fsp3) is 0.348. The normalized spacial score (nSPS) is 23.5. The molecule has 7 heteroatoms. The number of rotatable bonds is 5. The molecule has 6 nitrogen and oxygen atoms in total. The molecule has 2 N–H and O–H groups in total.